The summed E-state index contributed by atoms with van der Waals surface area (Å²) >= 11 is 4.26. The normalized spacial score (nSPS) is 33.8. The summed E-state index contributed by atoms with van der Waals surface area (Å²) in [5.41, 5.74) is 11.3. The zero-order valence-electron chi connectivity index (χ0n) is 22.2. The second kappa shape index (κ2) is 9.68. The molecule has 7 rings (SSSR count). The number of nitrogens with one attached hydrogen (secondary N) is 1. The van der Waals surface area contributed by atoms with E-state index < -0.39 is 54.8 Å². The van der Waals surface area contributed by atoms with Crippen LogP contribution in [0.1, 0.15) is 25.8 Å². The third kappa shape index (κ3) is 4.22. The van der Waals surface area contributed by atoms with E-state index in [0.717, 1.165) is 0 Å². The number of ether oxygens (including phenoxy) is 3. The van der Waals surface area contributed by atoms with Crippen LogP contribution >= 0.6 is 19.0 Å². The molecule has 9 atom stereocenters. The Morgan fingerprint density at radius 1 is 1.17 bits per heavy atom. The van der Waals surface area contributed by atoms with E-state index in [1.807, 2.05) is 6.92 Å². The zero-order valence-corrected chi connectivity index (χ0v) is 24.0. The van der Waals surface area contributed by atoms with Gasteiger partial charge in [0.15, 0.2) is 35.1 Å². The van der Waals surface area contributed by atoms with Gasteiger partial charge in [-0.1, -0.05) is 12.2 Å². The molecule has 18 nitrogen and oxygen atoms in total. The summed E-state index contributed by atoms with van der Waals surface area (Å²) in [4.78, 5) is 35.4. The Bertz CT molecular complexity index is 1800. The molecule has 0 amide bonds. The minimum Gasteiger partial charge on any atom is -0.394 e. The fourth-order valence-corrected chi connectivity index (χ4v) is 7.86. The number of aliphatic hydroxyl groups excluding tert-OH is 1. The molecule has 0 spiro atoms. The summed E-state index contributed by atoms with van der Waals surface area (Å²) in [6.45, 7) is -2.57. The number of hydrogen-bond acceptors (Lipinski definition) is 15. The molecule has 20 heteroatoms. The van der Waals surface area contributed by atoms with Crippen molar-refractivity contribution in [3.8, 4) is 0 Å². The van der Waals surface area contributed by atoms with Gasteiger partial charge in [-0.05, 0) is 6.92 Å². The highest BCUT2D eigenvalue weighted by Gasteiger charge is 2.76. The zero-order chi connectivity index (χ0) is 29.6. The Kier molecular flexibility index (Phi) is 6.37. The molecule has 6 heterocycles. The smallest absolute Gasteiger partial charge is 0.386 e. The number of nitrogens with two attached hydrogens (primary N) is 2. The van der Waals surface area contributed by atoms with Gasteiger partial charge in [0.05, 0.1) is 31.3 Å². The van der Waals surface area contributed by atoms with E-state index in [-0.39, 0.29) is 41.9 Å². The third-order valence-electron chi connectivity index (χ3n) is 7.98. The molecule has 0 radical (unpaired) electrons. The molecule has 2 aliphatic heterocycles. The summed E-state index contributed by atoms with van der Waals surface area (Å²) < 4.78 is 46.7. The fraction of sp³-hybridized carbons (Fsp3) is 0.545. The number of nitrogens with zero attached hydrogens (tertiary/aromatic N) is 7. The van der Waals surface area contributed by atoms with E-state index in [9.17, 15) is 14.5 Å². The highest BCUT2D eigenvalue weighted by Crippen LogP contribution is 2.68. The van der Waals surface area contributed by atoms with E-state index in [0.29, 0.717) is 11.2 Å². The molecule has 224 valence electrons. The third-order valence-corrected chi connectivity index (χ3v) is 9.57. The van der Waals surface area contributed by atoms with Gasteiger partial charge in [0.1, 0.15) is 35.8 Å². The van der Waals surface area contributed by atoms with Gasteiger partial charge in [-0.2, -0.15) is 4.98 Å². The van der Waals surface area contributed by atoms with Gasteiger partial charge >= 0.3 is 6.80 Å². The average molecular weight is 623 g/mol. The van der Waals surface area contributed by atoms with Gasteiger partial charge in [-0.15, -0.1) is 0 Å². The monoisotopic (exact) mass is 622 g/mol. The molecule has 42 heavy (non-hydrogen) atoms. The Morgan fingerprint density at radius 2 is 1.90 bits per heavy atom. The minimum absolute atomic E-state index is 0.0279. The molecular weight excluding hydrogens is 595 g/mol. The van der Waals surface area contributed by atoms with Gasteiger partial charge in [0.2, 0.25) is 5.95 Å². The standard InChI is InChI=1S/C22H27N10O8PS/c1-22-10(13(36-2)20(38-22)31-6-27-11-15(23)25-5-26-16(11)31)14(22)40-41(35,42)39-9-3-8(4-33)37-19(9)32-7-28-12-17(32)29-21(24)30-18(12)34/h5-10,13-14,19-20,33H,3-4H2,1-2H3,(H,35,42)(H2,23,25,26)(H3,24,29,30,34)/t8-,9-,10?,13+,14?,19+,20+,22-,41?/m0/s1. The number of methoxy groups -OCH3 is 1. The van der Waals surface area contributed by atoms with Gasteiger partial charge < -0.3 is 30.8 Å². The predicted octanol–water partition coefficient (Wildman–Crippen LogP) is 0.144. The first kappa shape index (κ1) is 27.7. The SMILES string of the molecule is CO[C@@H]1C2C(OP(=O)(S)O[C@H]3C[C@@H](CO)O[C@H]3n3cnc4c(=O)[nH]c(N)nc43)[C@@]2(C)O[C@H]1n1cnc2c(N)ncnc21. The van der Waals surface area contributed by atoms with Crippen LogP contribution in [0.2, 0.25) is 0 Å². The summed E-state index contributed by atoms with van der Waals surface area (Å²) in [7, 11) is 1.54. The van der Waals surface area contributed by atoms with Crippen LogP contribution in [0.4, 0.5) is 11.8 Å². The maximum atomic E-state index is 13.6. The Balaban J connectivity index is 1.10. The van der Waals surface area contributed by atoms with Crippen LogP contribution in [0.5, 0.6) is 0 Å². The quantitative estimate of drug-likeness (QED) is 0.130. The van der Waals surface area contributed by atoms with E-state index in [1.165, 1.54) is 24.3 Å². The predicted molar refractivity (Wildman–Crippen MR) is 147 cm³/mol. The number of aromatic nitrogens is 8. The highest BCUT2D eigenvalue weighted by molar-refractivity contribution is 8.44. The number of hydrogen-bond donors (Lipinski definition) is 5. The molecule has 3 aliphatic rings. The Hall–Kier alpha value is -3.16. The topological polar surface area (TPSA) is 243 Å². The molecule has 2 saturated heterocycles. The lowest BCUT2D eigenvalue weighted by Gasteiger charge is -2.27. The molecule has 4 aromatic heterocycles. The van der Waals surface area contributed by atoms with Crippen molar-refractivity contribution < 1.29 is 32.9 Å². The molecule has 1 aliphatic carbocycles. The van der Waals surface area contributed by atoms with Gasteiger partial charge in [0, 0.05) is 13.5 Å². The lowest BCUT2D eigenvalue weighted by molar-refractivity contribution is -0.104. The maximum absolute atomic E-state index is 13.6. The Morgan fingerprint density at radius 3 is 2.64 bits per heavy atom. The van der Waals surface area contributed by atoms with Crippen molar-refractivity contribution in [2.45, 2.75) is 55.8 Å². The molecular formula is C22H27N10O8PS. The van der Waals surface area contributed by atoms with E-state index >= 15 is 0 Å². The van der Waals surface area contributed by atoms with Crippen molar-refractivity contribution in [1.29, 1.82) is 0 Å². The van der Waals surface area contributed by atoms with Crippen LogP contribution in [-0.2, 0) is 27.8 Å². The number of H-pyrrole nitrogens is 1. The van der Waals surface area contributed by atoms with Gasteiger partial charge in [-0.25, -0.2) is 24.5 Å². The molecule has 4 aromatic rings. The molecule has 0 bridgehead atoms. The van der Waals surface area contributed by atoms with Crippen LogP contribution in [0.15, 0.2) is 23.8 Å². The van der Waals surface area contributed by atoms with E-state index in [4.69, 9.17) is 34.7 Å². The number of imidazole rings is 2. The molecule has 3 unspecified atom stereocenters. The van der Waals surface area contributed by atoms with Gasteiger partial charge in [-0.3, -0.25) is 28.0 Å². The number of aromatic amines is 1. The van der Waals surface area contributed by atoms with Crippen molar-refractivity contribution in [3.63, 3.8) is 0 Å². The second-order valence-electron chi connectivity index (χ2n) is 10.5. The molecule has 1 saturated carbocycles. The first-order valence-electron chi connectivity index (χ1n) is 12.9. The maximum Gasteiger partial charge on any atom is 0.386 e. The second-order valence-corrected chi connectivity index (χ2v) is 13.3. The first-order chi connectivity index (χ1) is 20.0. The van der Waals surface area contributed by atoms with Crippen LogP contribution in [-0.4, -0.2) is 87.9 Å². The molecule has 3 fully saturated rings. The number of aliphatic hydroxyl groups is 1. The lowest BCUT2D eigenvalue weighted by Crippen LogP contribution is -2.30. The minimum atomic E-state index is -4.06. The number of fused-ring (bicyclic) bond motifs is 3. The van der Waals surface area contributed by atoms with Crippen molar-refractivity contribution in [1.82, 2.24) is 39.0 Å². The summed E-state index contributed by atoms with van der Waals surface area (Å²) in [5, 5.41) is 9.77. The van der Waals surface area contributed by atoms with Crippen molar-refractivity contribution in [2.24, 2.45) is 5.92 Å². The fourth-order valence-electron chi connectivity index (χ4n) is 5.98. The van der Waals surface area contributed by atoms with Crippen molar-refractivity contribution in [3.05, 3.63) is 29.3 Å². The number of rotatable bonds is 8. The van der Waals surface area contributed by atoms with E-state index in [1.54, 1.807) is 10.9 Å². The van der Waals surface area contributed by atoms with Crippen molar-refractivity contribution >= 4 is 53.1 Å². The molecule has 0 aromatic carbocycles. The van der Waals surface area contributed by atoms with Crippen LogP contribution in [0.25, 0.3) is 22.3 Å². The lowest BCUT2D eigenvalue weighted by atomic mass is 10.2. The number of nitrogen functional groups attached to an aromatic ring is 2. The van der Waals surface area contributed by atoms with Crippen molar-refractivity contribution in [2.75, 3.05) is 25.2 Å². The Labute approximate surface area is 241 Å². The first-order valence-corrected chi connectivity index (χ1v) is 15.6. The van der Waals surface area contributed by atoms with Crippen LogP contribution in [0.3, 0.4) is 0 Å². The van der Waals surface area contributed by atoms with E-state index in [2.05, 4.69) is 42.2 Å². The van der Waals surface area contributed by atoms with Gasteiger partial charge in [0.25, 0.3) is 5.56 Å². The summed E-state index contributed by atoms with van der Waals surface area (Å²) in [6.07, 6.45) is 0.0312. The number of thiol groups is 1. The molecule has 6 N–H and O–H groups in total. The largest absolute Gasteiger partial charge is 0.394 e. The van der Waals surface area contributed by atoms with Crippen LogP contribution < -0.4 is 17.0 Å². The highest BCUT2D eigenvalue weighted by atomic mass is 32.7. The summed E-state index contributed by atoms with van der Waals surface area (Å²) in [5.74, 6) is -0.208. The summed E-state index contributed by atoms with van der Waals surface area (Å²) in [6, 6.07) is 0. The average Bonchev–Trinajstić information content (AvgIpc) is 3.51. The van der Waals surface area contributed by atoms with Crippen LogP contribution in [0, 0.1) is 5.92 Å². The number of anilines is 2.